The summed E-state index contributed by atoms with van der Waals surface area (Å²) < 4.78 is 24.6. The molecule has 2 atom stereocenters. The molecule has 1 unspecified atom stereocenters. The molecule has 0 aliphatic carbocycles. The summed E-state index contributed by atoms with van der Waals surface area (Å²) in [5, 5.41) is 0.0246. The highest BCUT2D eigenvalue weighted by Gasteiger charge is 2.30. The van der Waals surface area contributed by atoms with E-state index in [0.717, 1.165) is 24.9 Å². The fourth-order valence-electron chi connectivity index (χ4n) is 4.82. The Bertz CT molecular complexity index is 1540. The molecule has 10 heteroatoms. The van der Waals surface area contributed by atoms with Gasteiger partial charge in [0.05, 0.1) is 17.0 Å². The van der Waals surface area contributed by atoms with Gasteiger partial charge in [0, 0.05) is 12.3 Å². The van der Waals surface area contributed by atoms with Gasteiger partial charge in [0.25, 0.3) is 0 Å². The lowest BCUT2D eigenvalue weighted by molar-refractivity contribution is -0.0316. The number of imidazole rings is 2. The zero-order valence-corrected chi connectivity index (χ0v) is 19.8. The molecule has 3 aromatic heterocycles. The fourth-order valence-corrected chi connectivity index (χ4v) is 5.07. The van der Waals surface area contributed by atoms with Crippen LogP contribution in [0.2, 0.25) is 5.02 Å². The largest absolute Gasteiger partial charge is 0.382 e. The number of anilines is 1. The maximum atomic E-state index is 14.5. The highest BCUT2D eigenvalue weighted by atomic mass is 35.5. The third kappa shape index (κ3) is 3.54. The molecule has 178 valence electrons. The minimum absolute atomic E-state index is 0.0246. The first-order chi connectivity index (χ1) is 17.0. The Morgan fingerprint density at radius 1 is 1.09 bits per heavy atom. The van der Waals surface area contributed by atoms with Crippen LogP contribution in [-0.2, 0) is 4.74 Å². The van der Waals surface area contributed by atoms with E-state index in [-0.39, 0.29) is 17.2 Å². The van der Waals surface area contributed by atoms with Crippen molar-refractivity contribution in [2.24, 2.45) is 0 Å². The molecule has 1 aliphatic rings. The van der Waals surface area contributed by atoms with Crippen LogP contribution in [0.5, 0.6) is 0 Å². The Balaban J connectivity index is 1.62. The van der Waals surface area contributed by atoms with Crippen LogP contribution in [0.4, 0.5) is 10.2 Å². The molecule has 1 fully saturated rings. The van der Waals surface area contributed by atoms with Gasteiger partial charge in [0.15, 0.2) is 17.0 Å². The summed E-state index contributed by atoms with van der Waals surface area (Å²) >= 11 is 6.47. The van der Waals surface area contributed by atoms with E-state index in [9.17, 15) is 4.39 Å². The molecule has 2 N–H and O–H groups in total. The molecule has 0 saturated carbocycles. The third-order valence-corrected chi connectivity index (χ3v) is 6.86. The Morgan fingerprint density at radius 2 is 1.91 bits per heavy atom. The number of benzene rings is 2. The quantitative estimate of drug-likeness (QED) is 0.362. The molecule has 5 aromatic rings. The number of nitrogens with zero attached hydrogens (tertiary/aromatic N) is 6. The first-order valence-electron chi connectivity index (χ1n) is 11.6. The average molecular weight is 492 g/mol. The Hall–Kier alpha value is -3.56. The monoisotopic (exact) mass is 491 g/mol. The smallest absolute Gasteiger partial charge is 0.167 e. The molecule has 0 spiro atoms. The number of para-hydroxylation sites is 1. The summed E-state index contributed by atoms with van der Waals surface area (Å²) in [6, 6.07) is 12.6. The van der Waals surface area contributed by atoms with E-state index in [4.69, 9.17) is 32.0 Å². The van der Waals surface area contributed by atoms with Gasteiger partial charge in [0.2, 0.25) is 0 Å². The van der Waals surface area contributed by atoms with Crippen molar-refractivity contribution in [2.75, 3.05) is 12.3 Å². The van der Waals surface area contributed by atoms with Crippen molar-refractivity contribution in [1.82, 2.24) is 29.1 Å². The highest BCUT2D eigenvalue weighted by Crippen LogP contribution is 2.37. The summed E-state index contributed by atoms with van der Waals surface area (Å²) in [6.45, 7) is 2.67. The summed E-state index contributed by atoms with van der Waals surface area (Å²) in [6.07, 6.45) is 4.10. The van der Waals surface area contributed by atoms with E-state index in [1.54, 1.807) is 6.07 Å². The van der Waals surface area contributed by atoms with Gasteiger partial charge in [-0.15, -0.1) is 0 Å². The molecule has 2 aromatic carbocycles. The van der Waals surface area contributed by atoms with Crippen molar-refractivity contribution in [3.05, 3.63) is 71.3 Å². The zero-order valence-electron chi connectivity index (χ0n) is 19.0. The van der Waals surface area contributed by atoms with Crippen molar-refractivity contribution in [3.63, 3.8) is 0 Å². The number of nitrogen functional groups attached to an aromatic ring is 1. The Kier molecular flexibility index (Phi) is 5.38. The summed E-state index contributed by atoms with van der Waals surface area (Å²) in [5.74, 6) is 0.836. The molecule has 35 heavy (non-hydrogen) atoms. The van der Waals surface area contributed by atoms with Gasteiger partial charge in [-0.2, -0.15) is 0 Å². The molecular formula is C25H23ClFN7O. The fraction of sp³-hybridized carbons (Fsp3) is 0.280. The predicted molar refractivity (Wildman–Crippen MR) is 132 cm³/mol. The predicted octanol–water partition coefficient (Wildman–Crippen LogP) is 5.39. The molecule has 6 rings (SSSR count). The van der Waals surface area contributed by atoms with Crippen LogP contribution >= 0.6 is 11.6 Å². The first kappa shape index (κ1) is 21.9. The number of fused-ring (bicyclic) bond motifs is 2. The van der Waals surface area contributed by atoms with Gasteiger partial charge >= 0.3 is 0 Å². The number of nitrogens with two attached hydrogens (primary N) is 1. The number of halogens is 2. The third-order valence-electron chi connectivity index (χ3n) is 6.50. The SMILES string of the molecule is C[C@@H](c1nc2ccc(F)c(Cl)c2n1-c1ccccc1)c1nc2c(N)ncnc2n1C1CCCCO1. The second-order valence-corrected chi connectivity index (χ2v) is 9.06. The van der Waals surface area contributed by atoms with Crippen LogP contribution in [-0.4, -0.2) is 35.7 Å². The van der Waals surface area contributed by atoms with E-state index < -0.39 is 5.82 Å². The van der Waals surface area contributed by atoms with Gasteiger partial charge < -0.3 is 10.5 Å². The number of hydrogen-bond acceptors (Lipinski definition) is 6. The van der Waals surface area contributed by atoms with E-state index in [2.05, 4.69) is 9.97 Å². The standard InChI is InChI=1S/C25H23ClFN7O/c1-14(24-32-20-22(28)29-13-30-25(20)34(24)18-9-5-6-12-35-18)23-31-17-11-10-16(27)19(26)21(17)33(23)15-7-3-2-4-8-15/h2-4,7-8,10-11,13-14,18H,5-6,9,12H2,1H3,(H2,28,29,30)/t14-,18?/m0/s1. The van der Waals surface area contributed by atoms with Crippen LogP contribution in [0.3, 0.4) is 0 Å². The Labute approximate surface area is 205 Å². The molecule has 4 heterocycles. The second-order valence-electron chi connectivity index (χ2n) is 8.68. The van der Waals surface area contributed by atoms with Crippen molar-refractivity contribution < 1.29 is 9.13 Å². The maximum Gasteiger partial charge on any atom is 0.167 e. The van der Waals surface area contributed by atoms with E-state index in [1.807, 2.05) is 46.4 Å². The summed E-state index contributed by atoms with van der Waals surface area (Å²) in [4.78, 5) is 18.4. The molecule has 0 radical (unpaired) electrons. The van der Waals surface area contributed by atoms with Crippen molar-refractivity contribution in [1.29, 1.82) is 0 Å². The molecule has 0 bridgehead atoms. The number of ether oxygens (including phenoxy) is 1. The van der Waals surface area contributed by atoms with Crippen LogP contribution < -0.4 is 5.73 Å². The molecule has 0 amide bonds. The number of hydrogen-bond donors (Lipinski definition) is 1. The van der Waals surface area contributed by atoms with E-state index >= 15 is 0 Å². The van der Waals surface area contributed by atoms with Crippen LogP contribution in [0.25, 0.3) is 27.9 Å². The van der Waals surface area contributed by atoms with Gasteiger partial charge in [-0.25, -0.2) is 24.3 Å². The lowest BCUT2D eigenvalue weighted by Gasteiger charge is -2.27. The first-order valence-corrected chi connectivity index (χ1v) is 11.9. The second kappa shape index (κ2) is 8.58. The summed E-state index contributed by atoms with van der Waals surface area (Å²) in [7, 11) is 0. The van der Waals surface area contributed by atoms with E-state index in [0.29, 0.717) is 46.3 Å². The molecular weight excluding hydrogens is 469 g/mol. The van der Waals surface area contributed by atoms with Crippen LogP contribution in [0.15, 0.2) is 48.8 Å². The number of aromatic nitrogens is 6. The zero-order chi connectivity index (χ0) is 24.1. The molecule has 8 nitrogen and oxygen atoms in total. The summed E-state index contributed by atoms with van der Waals surface area (Å²) in [5.41, 5.74) is 9.25. The van der Waals surface area contributed by atoms with Crippen molar-refractivity contribution in [3.8, 4) is 5.69 Å². The normalized spacial score (nSPS) is 17.3. The average Bonchev–Trinajstić information content (AvgIpc) is 3.47. The minimum Gasteiger partial charge on any atom is -0.382 e. The molecule has 1 saturated heterocycles. The van der Waals surface area contributed by atoms with Gasteiger partial charge in [0.1, 0.15) is 35.0 Å². The van der Waals surface area contributed by atoms with E-state index in [1.165, 1.54) is 12.4 Å². The minimum atomic E-state index is -0.499. The van der Waals surface area contributed by atoms with Crippen LogP contribution in [0.1, 0.15) is 50.0 Å². The van der Waals surface area contributed by atoms with Crippen molar-refractivity contribution in [2.45, 2.75) is 38.3 Å². The highest BCUT2D eigenvalue weighted by molar-refractivity contribution is 6.35. The lowest BCUT2D eigenvalue weighted by Crippen LogP contribution is -2.22. The van der Waals surface area contributed by atoms with Gasteiger partial charge in [-0.3, -0.25) is 9.13 Å². The van der Waals surface area contributed by atoms with Gasteiger partial charge in [-0.05, 0) is 50.5 Å². The van der Waals surface area contributed by atoms with Crippen LogP contribution in [0, 0.1) is 5.82 Å². The molecule has 1 aliphatic heterocycles. The van der Waals surface area contributed by atoms with Gasteiger partial charge in [-0.1, -0.05) is 29.8 Å². The maximum absolute atomic E-state index is 14.5. The number of rotatable bonds is 4. The lowest BCUT2D eigenvalue weighted by atomic mass is 10.1. The Morgan fingerprint density at radius 3 is 2.69 bits per heavy atom. The topological polar surface area (TPSA) is 96.7 Å². The van der Waals surface area contributed by atoms with Crippen molar-refractivity contribution >= 4 is 39.6 Å².